The lowest BCUT2D eigenvalue weighted by Crippen LogP contribution is -2.42. The third kappa shape index (κ3) is 4.19. The van der Waals surface area contributed by atoms with Gasteiger partial charge in [0.1, 0.15) is 0 Å². The molecular weight excluding hydrogens is 306 g/mol. The Bertz CT molecular complexity index is 687. The van der Waals surface area contributed by atoms with Crippen molar-refractivity contribution in [1.29, 1.82) is 0 Å². The van der Waals surface area contributed by atoms with E-state index >= 15 is 0 Å². The maximum atomic E-state index is 12.7. The van der Waals surface area contributed by atoms with Crippen molar-refractivity contribution in [3.63, 3.8) is 0 Å². The number of carbonyl (C=O) groups is 1. The summed E-state index contributed by atoms with van der Waals surface area (Å²) in [6.07, 6.45) is 2.34. The molecule has 132 valence electrons. The van der Waals surface area contributed by atoms with Gasteiger partial charge in [-0.15, -0.1) is 0 Å². The third-order valence-corrected chi connectivity index (χ3v) is 5.33. The zero-order valence-corrected chi connectivity index (χ0v) is 15.6. The van der Waals surface area contributed by atoms with Gasteiger partial charge < -0.3 is 0 Å². The molecule has 2 aromatic carbocycles. The summed E-state index contributed by atoms with van der Waals surface area (Å²) in [5.74, 6) is 0.660. The first-order valence-corrected chi connectivity index (χ1v) is 9.34. The highest BCUT2D eigenvalue weighted by Crippen LogP contribution is 2.43. The number of hydrogen-bond acceptors (Lipinski definition) is 2. The largest absolute Gasteiger partial charge is 0.293 e. The van der Waals surface area contributed by atoms with E-state index in [4.69, 9.17) is 0 Å². The SMILES string of the molecule is CC(C)(C)C(c1ccccc1)C1CCCN1CC(=O)c1ccccc1. The normalized spacial score (nSPS) is 19.7. The van der Waals surface area contributed by atoms with Crippen molar-refractivity contribution in [1.82, 2.24) is 4.90 Å². The number of nitrogens with zero attached hydrogens (tertiary/aromatic N) is 1. The fourth-order valence-electron chi connectivity index (χ4n) is 4.29. The Hall–Kier alpha value is -1.93. The van der Waals surface area contributed by atoms with E-state index in [1.807, 2.05) is 30.3 Å². The van der Waals surface area contributed by atoms with Gasteiger partial charge in [0.25, 0.3) is 0 Å². The van der Waals surface area contributed by atoms with E-state index in [1.165, 1.54) is 18.4 Å². The van der Waals surface area contributed by atoms with Crippen LogP contribution in [0.3, 0.4) is 0 Å². The lowest BCUT2D eigenvalue weighted by molar-refractivity contribution is 0.0879. The molecule has 3 rings (SSSR count). The van der Waals surface area contributed by atoms with Crippen LogP contribution >= 0.6 is 0 Å². The number of ketones is 1. The van der Waals surface area contributed by atoms with Crippen molar-refractivity contribution in [2.45, 2.75) is 45.6 Å². The van der Waals surface area contributed by atoms with Crippen LogP contribution in [0.25, 0.3) is 0 Å². The molecule has 1 heterocycles. The summed E-state index contributed by atoms with van der Waals surface area (Å²) in [6.45, 7) is 8.50. The van der Waals surface area contributed by atoms with Crippen molar-refractivity contribution >= 4 is 5.78 Å². The Morgan fingerprint density at radius 3 is 2.24 bits per heavy atom. The summed E-state index contributed by atoms with van der Waals surface area (Å²) in [5.41, 5.74) is 2.36. The molecule has 0 amide bonds. The minimum absolute atomic E-state index is 0.157. The number of hydrogen-bond donors (Lipinski definition) is 0. The van der Waals surface area contributed by atoms with E-state index in [0.29, 0.717) is 18.5 Å². The van der Waals surface area contributed by atoms with Crippen LogP contribution in [-0.4, -0.2) is 29.8 Å². The molecule has 1 saturated heterocycles. The predicted molar refractivity (Wildman–Crippen MR) is 104 cm³/mol. The van der Waals surface area contributed by atoms with Crippen LogP contribution in [0, 0.1) is 5.41 Å². The van der Waals surface area contributed by atoms with Gasteiger partial charge in [-0.1, -0.05) is 81.4 Å². The minimum atomic E-state index is 0.157. The Morgan fingerprint density at radius 2 is 1.64 bits per heavy atom. The quantitative estimate of drug-likeness (QED) is 0.703. The highest BCUT2D eigenvalue weighted by atomic mass is 16.1. The first-order chi connectivity index (χ1) is 12.0. The van der Waals surface area contributed by atoms with Crippen molar-refractivity contribution < 1.29 is 4.79 Å². The maximum absolute atomic E-state index is 12.7. The van der Waals surface area contributed by atoms with Gasteiger partial charge in [-0.05, 0) is 30.4 Å². The summed E-state index contributed by atoms with van der Waals surface area (Å²) >= 11 is 0. The number of likely N-dealkylation sites (tertiary alicyclic amines) is 1. The average Bonchev–Trinajstić information content (AvgIpc) is 3.03. The molecule has 2 heteroatoms. The first-order valence-electron chi connectivity index (χ1n) is 9.34. The van der Waals surface area contributed by atoms with E-state index in [0.717, 1.165) is 12.1 Å². The number of rotatable bonds is 5. The van der Waals surface area contributed by atoms with Gasteiger partial charge >= 0.3 is 0 Å². The van der Waals surface area contributed by atoms with Gasteiger partial charge in [0.15, 0.2) is 5.78 Å². The zero-order valence-electron chi connectivity index (χ0n) is 15.6. The third-order valence-electron chi connectivity index (χ3n) is 5.33. The van der Waals surface area contributed by atoms with Crippen LogP contribution in [0.2, 0.25) is 0 Å². The number of benzene rings is 2. The summed E-state index contributed by atoms with van der Waals surface area (Å²) in [6, 6.07) is 20.9. The molecule has 2 aromatic rings. The standard InChI is InChI=1S/C23H29NO/c1-23(2,3)22(19-13-8-5-9-14-19)20-15-10-16-24(20)17-21(25)18-11-6-4-7-12-18/h4-9,11-14,20,22H,10,15-17H2,1-3H3. The molecule has 0 saturated carbocycles. The van der Waals surface area contributed by atoms with Gasteiger partial charge in [-0.3, -0.25) is 9.69 Å². The van der Waals surface area contributed by atoms with Gasteiger partial charge in [-0.2, -0.15) is 0 Å². The average molecular weight is 335 g/mol. The monoisotopic (exact) mass is 335 g/mol. The van der Waals surface area contributed by atoms with Crippen LogP contribution < -0.4 is 0 Å². The Labute approximate surface area is 151 Å². The van der Waals surface area contributed by atoms with Crippen LogP contribution in [0.5, 0.6) is 0 Å². The summed E-state index contributed by atoms with van der Waals surface area (Å²) in [4.78, 5) is 15.1. The smallest absolute Gasteiger partial charge is 0.176 e. The lowest BCUT2D eigenvalue weighted by Gasteiger charge is -2.40. The van der Waals surface area contributed by atoms with Crippen LogP contribution in [0.4, 0.5) is 0 Å². The molecule has 0 aliphatic carbocycles. The van der Waals surface area contributed by atoms with E-state index in [1.54, 1.807) is 0 Å². The molecular formula is C23H29NO. The fourth-order valence-corrected chi connectivity index (χ4v) is 4.29. The van der Waals surface area contributed by atoms with Crippen molar-refractivity contribution in [3.8, 4) is 0 Å². The topological polar surface area (TPSA) is 20.3 Å². The molecule has 0 spiro atoms. The molecule has 2 nitrogen and oxygen atoms in total. The molecule has 2 atom stereocenters. The van der Waals surface area contributed by atoms with Crippen LogP contribution in [-0.2, 0) is 0 Å². The van der Waals surface area contributed by atoms with Gasteiger partial charge in [0.05, 0.1) is 6.54 Å². The van der Waals surface area contributed by atoms with Gasteiger partial charge in [0.2, 0.25) is 0 Å². The van der Waals surface area contributed by atoms with E-state index in [2.05, 4.69) is 56.0 Å². The van der Waals surface area contributed by atoms with Crippen molar-refractivity contribution in [3.05, 3.63) is 71.8 Å². The Kier molecular flexibility index (Phi) is 5.39. The van der Waals surface area contributed by atoms with Gasteiger partial charge in [-0.25, -0.2) is 0 Å². The molecule has 25 heavy (non-hydrogen) atoms. The fraction of sp³-hybridized carbons (Fsp3) is 0.435. The molecule has 1 aliphatic rings. The predicted octanol–water partition coefficient (Wildman–Crippen LogP) is 5.16. The summed E-state index contributed by atoms with van der Waals surface area (Å²) < 4.78 is 0. The maximum Gasteiger partial charge on any atom is 0.176 e. The Morgan fingerprint density at radius 1 is 1.04 bits per heavy atom. The molecule has 0 bridgehead atoms. The summed E-state index contributed by atoms with van der Waals surface area (Å²) in [7, 11) is 0. The second kappa shape index (κ2) is 7.53. The first kappa shape index (κ1) is 17.9. The second-order valence-electron chi connectivity index (χ2n) is 8.22. The minimum Gasteiger partial charge on any atom is -0.293 e. The van der Waals surface area contributed by atoms with Crippen LogP contribution in [0.1, 0.15) is 55.5 Å². The molecule has 1 aliphatic heterocycles. The van der Waals surface area contributed by atoms with E-state index in [9.17, 15) is 4.79 Å². The summed E-state index contributed by atoms with van der Waals surface area (Å²) in [5, 5.41) is 0. The second-order valence-corrected chi connectivity index (χ2v) is 8.22. The molecule has 0 radical (unpaired) electrons. The zero-order chi connectivity index (χ0) is 17.9. The van der Waals surface area contributed by atoms with Crippen molar-refractivity contribution in [2.75, 3.05) is 13.1 Å². The molecule has 0 N–H and O–H groups in total. The lowest BCUT2D eigenvalue weighted by atomic mass is 9.71. The number of carbonyl (C=O) groups excluding carboxylic acids is 1. The molecule has 0 aromatic heterocycles. The number of Topliss-reactive ketones (excluding diaryl/α,β-unsaturated/α-hetero) is 1. The molecule has 1 fully saturated rings. The molecule has 2 unspecified atom stereocenters. The Balaban J connectivity index is 1.82. The van der Waals surface area contributed by atoms with Crippen molar-refractivity contribution in [2.24, 2.45) is 5.41 Å². The van der Waals surface area contributed by atoms with Crippen LogP contribution in [0.15, 0.2) is 60.7 Å². The highest BCUT2D eigenvalue weighted by molar-refractivity contribution is 5.97. The van der Waals surface area contributed by atoms with E-state index in [-0.39, 0.29) is 11.2 Å². The van der Waals surface area contributed by atoms with Gasteiger partial charge in [0, 0.05) is 17.5 Å². The highest BCUT2D eigenvalue weighted by Gasteiger charge is 2.39. The van der Waals surface area contributed by atoms with E-state index < -0.39 is 0 Å².